The molecule has 0 spiro atoms. The van der Waals surface area contributed by atoms with Crippen molar-refractivity contribution in [3.63, 3.8) is 0 Å². The number of methoxy groups -OCH3 is 2. The molecule has 2 aromatic carbocycles. The van der Waals surface area contributed by atoms with Crippen molar-refractivity contribution in [3.8, 4) is 22.8 Å². The molecule has 1 fully saturated rings. The molecular weight excluding hydrogens is 472 g/mol. The highest BCUT2D eigenvalue weighted by atomic mass is 32.2. The molecule has 0 aliphatic carbocycles. The molecule has 10 heteroatoms. The lowest BCUT2D eigenvalue weighted by Gasteiger charge is -2.30. The third-order valence-electron chi connectivity index (χ3n) is 5.67. The van der Waals surface area contributed by atoms with Gasteiger partial charge in [-0.05, 0) is 54.7 Å². The van der Waals surface area contributed by atoms with E-state index in [0.29, 0.717) is 46.2 Å². The first-order valence-corrected chi connectivity index (χ1v) is 13.3. The summed E-state index contributed by atoms with van der Waals surface area (Å²) in [7, 11) is -0.349. The van der Waals surface area contributed by atoms with E-state index in [9.17, 15) is 8.42 Å². The third kappa shape index (κ3) is 5.40. The molecule has 1 atom stereocenters. The van der Waals surface area contributed by atoms with Gasteiger partial charge in [0.1, 0.15) is 0 Å². The molecule has 0 radical (unpaired) electrons. The third-order valence-corrected chi connectivity index (χ3v) is 8.28. The van der Waals surface area contributed by atoms with E-state index in [1.165, 1.54) is 11.3 Å². The van der Waals surface area contributed by atoms with Gasteiger partial charge in [-0.2, -0.15) is 9.41 Å². The lowest BCUT2D eigenvalue weighted by molar-refractivity contribution is 0.281. The molecule has 1 unspecified atom stereocenters. The fourth-order valence-corrected chi connectivity index (χ4v) is 6.20. The average molecular weight is 501 g/mol. The number of piperidine rings is 1. The SMILES string of the molecule is COc1ccc(/C=N/Nc2nc(-c3cccc(S(=O)(=O)N4CCCC(C)C4)c3)cs2)cc1OC. The van der Waals surface area contributed by atoms with Crippen LogP contribution in [0.4, 0.5) is 5.13 Å². The summed E-state index contributed by atoms with van der Waals surface area (Å²) < 4.78 is 38.4. The van der Waals surface area contributed by atoms with Crippen LogP contribution < -0.4 is 14.9 Å². The summed E-state index contributed by atoms with van der Waals surface area (Å²) in [5.74, 6) is 1.64. The van der Waals surface area contributed by atoms with Crippen LogP contribution in [0.15, 0.2) is 57.8 Å². The molecule has 0 bridgehead atoms. The van der Waals surface area contributed by atoms with Crippen molar-refractivity contribution in [3.05, 3.63) is 53.4 Å². The molecule has 180 valence electrons. The molecule has 8 nitrogen and oxygen atoms in total. The van der Waals surface area contributed by atoms with Gasteiger partial charge >= 0.3 is 0 Å². The van der Waals surface area contributed by atoms with Gasteiger partial charge in [0.15, 0.2) is 11.5 Å². The highest BCUT2D eigenvalue weighted by molar-refractivity contribution is 7.89. The Labute approximate surface area is 204 Å². The van der Waals surface area contributed by atoms with Gasteiger partial charge in [-0.1, -0.05) is 19.1 Å². The van der Waals surface area contributed by atoms with Crippen molar-refractivity contribution in [2.75, 3.05) is 32.7 Å². The number of ether oxygens (including phenoxy) is 2. The zero-order valence-corrected chi connectivity index (χ0v) is 21.0. The van der Waals surface area contributed by atoms with Gasteiger partial charge in [-0.25, -0.2) is 13.4 Å². The van der Waals surface area contributed by atoms with Gasteiger partial charge in [-0.3, -0.25) is 5.43 Å². The molecule has 2 heterocycles. The van der Waals surface area contributed by atoms with Gasteiger partial charge in [0.25, 0.3) is 0 Å². The van der Waals surface area contributed by atoms with Crippen LogP contribution in [0.3, 0.4) is 0 Å². The summed E-state index contributed by atoms with van der Waals surface area (Å²) in [5, 5.41) is 6.73. The number of benzene rings is 2. The Balaban J connectivity index is 1.47. The Morgan fingerprint density at radius 2 is 2.00 bits per heavy atom. The molecule has 1 aromatic heterocycles. The Morgan fingerprint density at radius 1 is 1.18 bits per heavy atom. The lowest BCUT2D eigenvalue weighted by Crippen LogP contribution is -2.39. The molecule has 1 aliphatic heterocycles. The van der Waals surface area contributed by atoms with Crippen molar-refractivity contribution in [1.82, 2.24) is 9.29 Å². The number of nitrogens with one attached hydrogen (secondary N) is 1. The first-order chi connectivity index (χ1) is 16.4. The summed E-state index contributed by atoms with van der Waals surface area (Å²) in [5.41, 5.74) is 5.21. The van der Waals surface area contributed by atoms with Crippen LogP contribution in [-0.4, -0.2) is 51.2 Å². The maximum atomic E-state index is 13.1. The van der Waals surface area contributed by atoms with Crippen LogP contribution in [0.2, 0.25) is 0 Å². The minimum Gasteiger partial charge on any atom is -0.493 e. The molecule has 0 amide bonds. The average Bonchev–Trinajstić information content (AvgIpc) is 3.33. The van der Waals surface area contributed by atoms with E-state index in [0.717, 1.165) is 24.0 Å². The van der Waals surface area contributed by atoms with Gasteiger partial charge in [0.05, 0.1) is 31.0 Å². The molecule has 1 aliphatic rings. The van der Waals surface area contributed by atoms with Crippen LogP contribution >= 0.6 is 11.3 Å². The standard InChI is InChI=1S/C24H28N4O4S2/c1-17-6-5-11-28(15-17)34(29,30)20-8-4-7-19(13-20)21-16-33-24(26-21)27-25-14-18-9-10-22(31-2)23(12-18)32-3/h4,7-10,12-14,16-17H,5-6,11,15H2,1-3H3,(H,26,27)/b25-14+. The zero-order valence-electron chi connectivity index (χ0n) is 19.4. The molecule has 34 heavy (non-hydrogen) atoms. The summed E-state index contributed by atoms with van der Waals surface area (Å²) in [4.78, 5) is 4.86. The Hall–Kier alpha value is -2.95. The minimum absolute atomic E-state index is 0.299. The van der Waals surface area contributed by atoms with E-state index in [-0.39, 0.29) is 0 Å². The highest BCUT2D eigenvalue weighted by Crippen LogP contribution is 2.30. The minimum atomic E-state index is -3.52. The number of aromatic nitrogens is 1. The number of nitrogens with zero attached hydrogens (tertiary/aromatic N) is 3. The van der Waals surface area contributed by atoms with Gasteiger partial charge in [0, 0.05) is 24.0 Å². The quantitative estimate of drug-likeness (QED) is 0.356. The fourth-order valence-electron chi connectivity index (χ4n) is 3.88. The number of anilines is 1. The van der Waals surface area contributed by atoms with Crippen LogP contribution in [0, 0.1) is 5.92 Å². The number of hydrogen-bond donors (Lipinski definition) is 1. The summed E-state index contributed by atoms with van der Waals surface area (Å²) >= 11 is 1.39. The first kappa shape index (κ1) is 24.2. The van der Waals surface area contributed by atoms with Crippen LogP contribution in [-0.2, 0) is 10.0 Å². The largest absolute Gasteiger partial charge is 0.493 e. The normalized spacial score (nSPS) is 17.1. The summed E-state index contributed by atoms with van der Waals surface area (Å²) in [6, 6.07) is 12.5. The molecule has 4 rings (SSSR count). The first-order valence-electron chi connectivity index (χ1n) is 11.0. The predicted octanol–water partition coefficient (Wildman–Crippen LogP) is 4.69. The smallest absolute Gasteiger partial charge is 0.243 e. The zero-order chi connectivity index (χ0) is 24.1. The molecular formula is C24H28N4O4S2. The van der Waals surface area contributed by atoms with Crippen molar-refractivity contribution >= 4 is 32.7 Å². The van der Waals surface area contributed by atoms with Gasteiger partial charge in [-0.15, -0.1) is 11.3 Å². The molecule has 0 saturated carbocycles. The summed E-state index contributed by atoms with van der Waals surface area (Å²) in [6.45, 7) is 3.23. The van der Waals surface area contributed by atoms with Crippen molar-refractivity contribution in [2.45, 2.75) is 24.7 Å². The van der Waals surface area contributed by atoms with Gasteiger partial charge in [0.2, 0.25) is 15.2 Å². The van der Waals surface area contributed by atoms with Crippen molar-refractivity contribution in [1.29, 1.82) is 0 Å². The molecule has 3 aromatic rings. The number of thiazole rings is 1. The number of rotatable bonds is 8. The Morgan fingerprint density at radius 3 is 2.76 bits per heavy atom. The van der Waals surface area contributed by atoms with Crippen molar-refractivity contribution in [2.24, 2.45) is 11.0 Å². The highest BCUT2D eigenvalue weighted by Gasteiger charge is 2.28. The van der Waals surface area contributed by atoms with Crippen molar-refractivity contribution < 1.29 is 17.9 Å². The monoisotopic (exact) mass is 500 g/mol. The number of sulfonamides is 1. The van der Waals surface area contributed by atoms with Gasteiger partial charge < -0.3 is 9.47 Å². The maximum Gasteiger partial charge on any atom is 0.243 e. The van der Waals surface area contributed by atoms with E-state index in [4.69, 9.17) is 9.47 Å². The van der Waals surface area contributed by atoms with E-state index in [2.05, 4.69) is 22.4 Å². The second kappa shape index (κ2) is 10.5. The van der Waals surface area contributed by atoms with E-state index in [1.54, 1.807) is 42.9 Å². The van der Waals surface area contributed by atoms with Crippen LogP contribution in [0.25, 0.3) is 11.3 Å². The lowest BCUT2D eigenvalue weighted by atomic mass is 10.0. The summed E-state index contributed by atoms with van der Waals surface area (Å²) in [6.07, 6.45) is 3.62. The van der Waals surface area contributed by atoms with Crippen LogP contribution in [0.1, 0.15) is 25.3 Å². The van der Waals surface area contributed by atoms with E-state index in [1.807, 2.05) is 29.6 Å². The molecule has 1 saturated heterocycles. The number of hydrogen-bond acceptors (Lipinski definition) is 8. The Bertz CT molecular complexity index is 1270. The second-order valence-corrected chi connectivity index (χ2v) is 11.0. The second-order valence-electron chi connectivity index (χ2n) is 8.16. The maximum absolute atomic E-state index is 13.1. The van der Waals surface area contributed by atoms with E-state index >= 15 is 0 Å². The Kier molecular flexibility index (Phi) is 7.50. The number of hydrazone groups is 1. The molecule has 1 N–H and O–H groups in total. The van der Waals surface area contributed by atoms with Crippen LogP contribution in [0.5, 0.6) is 11.5 Å². The van der Waals surface area contributed by atoms with E-state index < -0.39 is 10.0 Å². The topological polar surface area (TPSA) is 93.1 Å². The fraction of sp³-hybridized carbons (Fsp3) is 0.333. The predicted molar refractivity (Wildman–Crippen MR) is 135 cm³/mol.